The first kappa shape index (κ1) is 29.9. The van der Waals surface area contributed by atoms with E-state index in [2.05, 4.69) is 11.0 Å². The van der Waals surface area contributed by atoms with Gasteiger partial charge in [0.2, 0.25) is 0 Å². The van der Waals surface area contributed by atoms with Crippen molar-refractivity contribution >= 4 is 27.5 Å². The van der Waals surface area contributed by atoms with Crippen LogP contribution in [0.3, 0.4) is 0 Å². The summed E-state index contributed by atoms with van der Waals surface area (Å²) < 4.78 is 38.1. The Hall–Kier alpha value is -3.58. The minimum Gasteiger partial charge on any atom is -0.484 e. The fourth-order valence-corrected chi connectivity index (χ4v) is 7.11. The molecule has 1 aliphatic heterocycles. The van der Waals surface area contributed by atoms with E-state index in [9.17, 15) is 18.5 Å². The fourth-order valence-electron chi connectivity index (χ4n) is 5.54. The molecule has 0 aromatic heterocycles. The van der Waals surface area contributed by atoms with Gasteiger partial charge < -0.3 is 14.4 Å². The first-order chi connectivity index (χ1) is 19.9. The molecule has 8 nitrogen and oxygen atoms in total. The number of piperazine rings is 1. The average molecular weight is 608 g/mol. The van der Waals surface area contributed by atoms with E-state index < -0.39 is 21.5 Å². The molecule has 0 saturated carbocycles. The number of carbonyl (C=O) groups excluding carboxylic acids is 1. The summed E-state index contributed by atoms with van der Waals surface area (Å²) in [5.41, 5.74) is 2.42. The summed E-state index contributed by atoms with van der Waals surface area (Å²) in [5, 5.41) is 10.3. The molecule has 5 rings (SSSR count). The highest BCUT2D eigenvalue weighted by Crippen LogP contribution is 2.41. The minimum atomic E-state index is -3.53. The third-order valence-corrected chi connectivity index (χ3v) is 9.44. The van der Waals surface area contributed by atoms with Gasteiger partial charge in [0.15, 0.2) is 9.84 Å². The molecule has 0 N–H and O–H groups in total. The summed E-state index contributed by atoms with van der Waals surface area (Å²) in [6.07, 6.45) is -0.174. The smallest absolute Gasteiger partial charge is 0.410 e. The van der Waals surface area contributed by atoms with Gasteiger partial charge in [-0.1, -0.05) is 41.9 Å². The number of ether oxygens (including phenoxy) is 2. The van der Waals surface area contributed by atoms with Crippen LogP contribution in [0, 0.1) is 11.3 Å². The van der Waals surface area contributed by atoms with Gasteiger partial charge in [-0.15, -0.1) is 0 Å². The summed E-state index contributed by atoms with van der Waals surface area (Å²) >= 11 is 6.41. The Morgan fingerprint density at radius 2 is 1.69 bits per heavy atom. The van der Waals surface area contributed by atoms with E-state index in [1.54, 1.807) is 47.4 Å². The maximum atomic E-state index is 13.0. The molecule has 1 amide bonds. The molecule has 1 aliphatic carbocycles. The molecular formula is C32H34ClN3O5S. The van der Waals surface area contributed by atoms with Gasteiger partial charge in [0, 0.05) is 31.2 Å². The topological polar surface area (TPSA) is 99.9 Å². The molecule has 3 aromatic rings. The second-order valence-corrected chi connectivity index (χ2v) is 14.1. The number of amides is 1. The van der Waals surface area contributed by atoms with Crippen molar-refractivity contribution < 1.29 is 22.7 Å². The number of nitriles is 1. The van der Waals surface area contributed by atoms with Gasteiger partial charge in [0.05, 0.1) is 28.3 Å². The fraction of sp³-hybridized carbons (Fsp3) is 0.375. The van der Waals surface area contributed by atoms with Crippen molar-refractivity contribution in [3.8, 4) is 11.8 Å². The van der Waals surface area contributed by atoms with Crippen molar-refractivity contribution in [1.82, 2.24) is 9.80 Å². The molecule has 10 heteroatoms. The van der Waals surface area contributed by atoms with Gasteiger partial charge in [0.1, 0.15) is 17.5 Å². The Kier molecular flexibility index (Phi) is 8.51. The molecule has 220 valence electrons. The molecule has 0 bridgehead atoms. The lowest BCUT2D eigenvalue weighted by atomic mass is 10.0. The van der Waals surface area contributed by atoms with Crippen molar-refractivity contribution in [2.45, 2.75) is 55.6 Å². The molecule has 1 heterocycles. The Morgan fingerprint density at radius 1 is 1.02 bits per heavy atom. The quantitative estimate of drug-likeness (QED) is 0.350. The van der Waals surface area contributed by atoms with E-state index in [1.807, 2.05) is 45.0 Å². The highest BCUT2D eigenvalue weighted by molar-refractivity contribution is 7.90. The SMILES string of the molecule is CC(C)(C)OC(=O)N1CCN([C@H]2Cc3c(C#N)cc(Cl)cc3[C@@H]2Oc2ccc(S(=O)(=O)Cc3ccccc3)cc2)CC1. The first-order valence-electron chi connectivity index (χ1n) is 13.9. The van der Waals surface area contributed by atoms with Gasteiger partial charge in [-0.25, -0.2) is 13.2 Å². The van der Waals surface area contributed by atoms with Gasteiger partial charge in [0.25, 0.3) is 0 Å². The standard InChI is InChI=1S/C32H34ClN3O5S/c1-32(2,3)41-31(37)36-15-13-35(14-16-36)29-19-27-23(20-34)17-24(33)18-28(27)30(29)40-25-9-11-26(12-10-25)42(38,39)21-22-7-5-4-6-8-22/h4-12,17-18,29-30H,13-16,19,21H2,1-3H3/t29-,30-/m0/s1. The molecule has 1 saturated heterocycles. The molecule has 0 unspecified atom stereocenters. The normalized spacial score (nSPS) is 19.2. The van der Waals surface area contributed by atoms with Gasteiger partial charge in [-0.05, 0) is 80.3 Å². The zero-order chi connectivity index (χ0) is 30.1. The maximum absolute atomic E-state index is 13.0. The predicted molar refractivity (Wildman–Crippen MR) is 160 cm³/mol. The Labute approximate surface area is 252 Å². The van der Waals surface area contributed by atoms with Crippen LogP contribution in [0.5, 0.6) is 5.75 Å². The zero-order valence-corrected chi connectivity index (χ0v) is 25.5. The molecule has 42 heavy (non-hydrogen) atoms. The van der Waals surface area contributed by atoms with Crippen LogP contribution in [0.1, 0.15) is 49.1 Å². The van der Waals surface area contributed by atoms with E-state index >= 15 is 0 Å². The largest absolute Gasteiger partial charge is 0.484 e. The maximum Gasteiger partial charge on any atom is 0.410 e. The number of sulfone groups is 1. The van der Waals surface area contributed by atoms with E-state index in [0.29, 0.717) is 48.9 Å². The highest BCUT2D eigenvalue weighted by atomic mass is 35.5. The predicted octanol–water partition coefficient (Wildman–Crippen LogP) is 5.78. The Morgan fingerprint density at radius 3 is 2.31 bits per heavy atom. The summed E-state index contributed by atoms with van der Waals surface area (Å²) in [4.78, 5) is 16.8. The highest BCUT2D eigenvalue weighted by Gasteiger charge is 2.41. The Balaban J connectivity index is 1.36. The third-order valence-electron chi connectivity index (χ3n) is 7.52. The number of hydrogen-bond donors (Lipinski definition) is 0. The third kappa shape index (κ3) is 6.73. The molecule has 2 atom stereocenters. The number of halogens is 1. The number of benzene rings is 3. The van der Waals surface area contributed by atoms with Gasteiger partial charge in [-0.3, -0.25) is 4.90 Å². The summed E-state index contributed by atoms with van der Waals surface area (Å²) in [6.45, 7) is 7.79. The van der Waals surface area contributed by atoms with Crippen LogP contribution in [0.15, 0.2) is 71.6 Å². The van der Waals surface area contributed by atoms with Crippen molar-refractivity contribution in [2.24, 2.45) is 0 Å². The average Bonchev–Trinajstić information content (AvgIpc) is 3.30. The Bertz CT molecular complexity index is 1590. The summed E-state index contributed by atoms with van der Waals surface area (Å²) in [7, 11) is -3.53. The van der Waals surface area contributed by atoms with Crippen molar-refractivity contribution in [3.05, 3.63) is 94.0 Å². The van der Waals surface area contributed by atoms with Crippen LogP contribution >= 0.6 is 11.6 Å². The van der Waals surface area contributed by atoms with Crippen LogP contribution in [-0.2, 0) is 26.7 Å². The number of hydrogen-bond acceptors (Lipinski definition) is 7. The monoisotopic (exact) mass is 607 g/mol. The second-order valence-electron chi connectivity index (χ2n) is 11.7. The van der Waals surface area contributed by atoms with Gasteiger partial charge >= 0.3 is 6.09 Å². The number of rotatable bonds is 6. The molecule has 2 aliphatic rings. The molecule has 3 aromatic carbocycles. The molecule has 0 radical (unpaired) electrons. The van der Waals surface area contributed by atoms with Gasteiger partial charge in [-0.2, -0.15) is 5.26 Å². The van der Waals surface area contributed by atoms with Crippen LogP contribution in [0.4, 0.5) is 4.79 Å². The first-order valence-corrected chi connectivity index (χ1v) is 15.9. The van der Waals surface area contributed by atoms with Crippen molar-refractivity contribution in [1.29, 1.82) is 5.26 Å². The van der Waals surface area contributed by atoms with Crippen LogP contribution in [-0.4, -0.2) is 62.1 Å². The lowest BCUT2D eigenvalue weighted by Gasteiger charge is -2.40. The van der Waals surface area contributed by atoms with E-state index in [4.69, 9.17) is 21.1 Å². The minimum absolute atomic E-state index is 0.0865. The zero-order valence-electron chi connectivity index (χ0n) is 23.9. The van der Waals surface area contributed by atoms with E-state index in [0.717, 1.165) is 16.7 Å². The van der Waals surface area contributed by atoms with E-state index in [-0.39, 0.29) is 22.8 Å². The second kappa shape index (κ2) is 12.0. The molecule has 0 spiro atoms. The number of carbonyl (C=O) groups is 1. The summed E-state index contributed by atoms with van der Waals surface area (Å²) in [6, 6.07) is 21.2. The number of fused-ring (bicyclic) bond motifs is 1. The van der Waals surface area contributed by atoms with Crippen LogP contribution in [0.25, 0.3) is 0 Å². The molecular weight excluding hydrogens is 574 g/mol. The van der Waals surface area contributed by atoms with Crippen LogP contribution < -0.4 is 4.74 Å². The van der Waals surface area contributed by atoms with E-state index in [1.165, 1.54) is 0 Å². The van der Waals surface area contributed by atoms with Crippen molar-refractivity contribution in [3.63, 3.8) is 0 Å². The lowest BCUT2D eigenvalue weighted by molar-refractivity contribution is 0.00140. The lowest BCUT2D eigenvalue weighted by Crippen LogP contribution is -2.54. The number of nitrogens with zero attached hydrogens (tertiary/aromatic N) is 3. The summed E-state index contributed by atoms with van der Waals surface area (Å²) in [5.74, 6) is 0.430. The molecule has 1 fully saturated rings. The van der Waals surface area contributed by atoms with Crippen molar-refractivity contribution in [2.75, 3.05) is 26.2 Å². The van der Waals surface area contributed by atoms with Crippen LogP contribution in [0.2, 0.25) is 5.02 Å².